The summed E-state index contributed by atoms with van der Waals surface area (Å²) >= 11 is 0. The molecule has 0 aromatic heterocycles. The van der Waals surface area contributed by atoms with Crippen LogP contribution in [-0.2, 0) is 14.8 Å². The fourth-order valence-corrected chi connectivity index (χ4v) is 4.07. The van der Waals surface area contributed by atoms with Gasteiger partial charge in [0.1, 0.15) is 23.9 Å². The Kier molecular flexibility index (Phi) is 6.71. The maximum atomic E-state index is 12.7. The highest BCUT2D eigenvalue weighted by atomic mass is 32.2. The Morgan fingerprint density at radius 2 is 1.87 bits per heavy atom. The molecule has 30 heavy (non-hydrogen) atoms. The van der Waals surface area contributed by atoms with E-state index in [2.05, 4.69) is 5.32 Å². The lowest BCUT2D eigenvalue weighted by atomic mass is 10.2. The minimum Gasteiger partial charge on any atom is -0.497 e. The number of ether oxygens (including phenoxy) is 3. The van der Waals surface area contributed by atoms with E-state index in [4.69, 9.17) is 14.2 Å². The summed E-state index contributed by atoms with van der Waals surface area (Å²) in [5, 5.41) is 2.87. The van der Waals surface area contributed by atoms with Crippen LogP contribution >= 0.6 is 0 Å². The Bertz CT molecular complexity index is 977. The molecule has 9 heteroatoms. The number of benzene rings is 2. The van der Waals surface area contributed by atoms with Crippen LogP contribution in [0.25, 0.3) is 0 Å². The summed E-state index contributed by atoms with van der Waals surface area (Å²) in [6, 6.07) is 13.7. The van der Waals surface area contributed by atoms with E-state index in [-0.39, 0.29) is 31.5 Å². The van der Waals surface area contributed by atoms with Crippen LogP contribution in [0, 0.1) is 0 Å². The number of hydrogen-bond acceptors (Lipinski definition) is 6. The van der Waals surface area contributed by atoms with Crippen molar-refractivity contribution in [1.29, 1.82) is 0 Å². The predicted molar refractivity (Wildman–Crippen MR) is 114 cm³/mol. The van der Waals surface area contributed by atoms with Gasteiger partial charge in [-0.25, -0.2) is 8.42 Å². The van der Waals surface area contributed by atoms with Crippen LogP contribution < -0.4 is 23.8 Å². The van der Waals surface area contributed by atoms with E-state index < -0.39 is 16.1 Å². The van der Waals surface area contributed by atoms with Crippen molar-refractivity contribution in [2.75, 3.05) is 30.8 Å². The molecule has 0 aliphatic carbocycles. The van der Waals surface area contributed by atoms with Gasteiger partial charge in [0.15, 0.2) is 6.10 Å². The third-order valence-corrected chi connectivity index (χ3v) is 5.82. The summed E-state index contributed by atoms with van der Waals surface area (Å²) < 4.78 is 42.3. The number of para-hydroxylation sites is 2. The van der Waals surface area contributed by atoms with Gasteiger partial charge < -0.3 is 19.5 Å². The van der Waals surface area contributed by atoms with Crippen LogP contribution in [0.3, 0.4) is 0 Å². The molecule has 0 saturated heterocycles. The normalized spacial score (nSPS) is 17.2. The predicted octanol–water partition coefficient (Wildman–Crippen LogP) is 2.20. The average Bonchev–Trinajstić information content (AvgIpc) is 2.92. The number of carbonyl (C=O) groups excluding carboxylic acids is 1. The minimum atomic E-state index is -3.49. The molecule has 2 aromatic rings. The molecular weight excluding hydrogens is 408 g/mol. The van der Waals surface area contributed by atoms with E-state index in [9.17, 15) is 13.2 Å². The Hall–Kier alpha value is -2.94. The van der Waals surface area contributed by atoms with E-state index in [0.29, 0.717) is 17.2 Å². The van der Waals surface area contributed by atoms with Crippen LogP contribution in [0.5, 0.6) is 17.2 Å². The van der Waals surface area contributed by atoms with E-state index in [1.165, 1.54) is 4.31 Å². The summed E-state index contributed by atoms with van der Waals surface area (Å²) in [5.41, 5.74) is 0.436. The molecule has 1 aliphatic rings. The number of sulfonamides is 1. The first kappa shape index (κ1) is 21.8. The van der Waals surface area contributed by atoms with Gasteiger partial charge in [0.25, 0.3) is 5.91 Å². The van der Waals surface area contributed by atoms with Gasteiger partial charge in [-0.1, -0.05) is 12.1 Å². The number of anilines is 1. The molecule has 0 unspecified atom stereocenters. The van der Waals surface area contributed by atoms with E-state index in [1.54, 1.807) is 55.6 Å². The third-order valence-electron chi connectivity index (χ3n) is 4.64. The Morgan fingerprint density at radius 3 is 2.53 bits per heavy atom. The van der Waals surface area contributed by atoms with Crippen LogP contribution in [0.1, 0.15) is 13.3 Å². The number of carbonyl (C=O) groups is 1. The standard InChI is InChI=1S/C21H26N2O6S/c1-15(14-28-17-10-8-16(27-2)9-11-17)22-21(24)20-12-13-23(30(3,25)26)18-6-4-5-7-19(18)29-20/h4-11,15,20H,12-14H2,1-3H3,(H,22,24)/t15-,20+/m0/s1. The lowest BCUT2D eigenvalue weighted by Crippen LogP contribution is -2.45. The summed E-state index contributed by atoms with van der Waals surface area (Å²) in [6.07, 6.45) is 0.573. The van der Waals surface area contributed by atoms with Crippen LogP contribution in [0.4, 0.5) is 5.69 Å². The van der Waals surface area contributed by atoms with Crippen LogP contribution in [0.2, 0.25) is 0 Å². The average molecular weight is 435 g/mol. The van der Waals surface area contributed by atoms with Crippen LogP contribution in [-0.4, -0.2) is 53.0 Å². The first-order valence-electron chi connectivity index (χ1n) is 9.58. The van der Waals surface area contributed by atoms with Gasteiger partial charge in [0.2, 0.25) is 10.0 Å². The summed E-state index contributed by atoms with van der Waals surface area (Å²) in [7, 11) is -1.89. The quantitative estimate of drug-likeness (QED) is 0.718. The van der Waals surface area contributed by atoms with Gasteiger partial charge >= 0.3 is 0 Å². The second-order valence-electron chi connectivity index (χ2n) is 7.09. The highest BCUT2D eigenvalue weighted by molar-refractivity contribution is 7.92. The Balaban J connectivity index is 1.61. The van der Waals surface area contributed by atoms with Crippen molar-refractivity contribution in [2.45, 2.75) is 25.5 Å². The van der Waals surface area contributed by atoms with Crippen molar-refractivity contribution >= 4 is 21.6 Å². The molecular formula is C21H26N2O6S. The fourth-order valence-electron chi connectivity index (χ4n) is 3.13. The molecule has 2 aromatic carbocycles. The number of hydrogen-bond donors (Lipinski definition) is 1. The van der Waals surface area contributed by atoms with E-state index in [1.807, 2.05) is 6.92 Å². The Morgan fingerprint density at radius 1 is 1.20 bits per heavy atom. The highest BCUT2D eigenvalue weighted by Crippen LogP contribution is 2.33. The number of methoxy groups -OCH3 is 1. The smallest absolute Gasteiger partial charge is 0.261 e. The van der Waals surface area contributed by atoms with E-state index in [0.717, 1.165) is 12.0 Å². The molecule has 0 saturated carbocycles. The molecule has 0 spiro atoms. The van der Waals surface area contributed by atoms with Crippen molar-refractivity contribution in [3.8, 4) is 17.2 Å². The largest absolute Gasteiger partial charge is 0.497 e. The first-order chi connectivity index (χ1) is 14.3. The van der Waals surface area contributed by atoms with Gasteiger partial charge in [-0.3, -0.25) is 9.10 Å². The van der Waals surface area contributed by atoms with Crippen molar-refractivity contribution in [3.05, 3.63) is 48.5 Å². The molecule has 1 aliphatic heterocycles. The fraction of sp³-hybridized carbons (Fsp3) is 0.381. The Labute approximate surface area is 176 Å². The number of rotatable bonds is 7. The molecule has 1 amide bonds. The lowest BCUT2D eigenvalue weighted by molar-refractivity contribution is -0.128. The topological polar surface area (TPSA) is 94.2 Å². The number of amides is 1. The monoisotopic (exact) mass is 434 g/mol. The van der Waals surface area contributed by atoms with Crippen molar-refractivity contribution in [2.24, 2.45) is 0 Å². The molecule has 8 nitrogen and oxygen atoms in total. The van der Waals surface area contributed by atoms with Gasteiger partial charge in [0, 0.05) is 13.0 Å². The highest BCUT2D eigenvalue weighted by Gasteiger charge is 2.31. The molecule has 162 valence electrons. The van der Waals surface area contributed by atoms with Gasteiger partial charge in [-0.15, -0.1) is 0 Å². The zero-order valence-corrected chi connectivity index (χ0v) is 18.0. The number of nitrogens with one attached hydrogen (secondary N) is 1. The van der Waals surface area contributed by atoms with Crippen molar-refractivity contribution in [3.63, 3.8) is 0 Å². The maximum absolute atomic E-state index is 12.7. The molecule has 0 fully saturated rings. The van der Waals surface area contributed by atoms with Gasteiger partial charge in [0.05, 0.1) is 25.1 Å². The van der Waals surface area contributed by atoms with Crippen molar-refractivity contribution < 1.29 is 27.4 Å². The summed E-state index contributed by atoms with van der Waals surface area (Å²) in [5.74, 6) is 1.45. The SMILES string of the molecule is COc1ccc(OC[C@H](C)NC(=O)[C@H]2CCN(S(C)(=O)=O)c3ccccc3O2)cc1. The first-order valence-corrected chi connectivity index (χ1v) is 11.4. The maximum Gasteiger partial charge on any atom is 0.261 e. The molecule has 0 bridgehead atoms. The minimum absolute atomic E-state index is 0.157. The molecule has 0 radical (unpaired) electrons. The molecule has 1 heterocycles. The second-order valence-corrected chi connectivity index (χ2v) is 9.00. The van der Waals surface area contributed by atoms with E-state index >= 15 is 0 Å². The van der Waals surface area contributed by atoms with Crippen LogP contribution in [0.15, 0.2) is 48.5 Å². The molecule has 3 rings (SSSR count). The molecule has 2 atom stereocenters. The van der Waals surface area contributed by atoms with Crippen molar-refractivity contribution in [1.82, 2.24) is 5.32 Å². The van der Waals surface area contributed by atoms with Gasteiger partial charge in [-0.2, -0.15) is 0 Å². The zero-order chi connectivity index (χ0) is 21.7. The zero-order valence-electron chi connectivity index (χ0n) is 17.2. The third kappa shape index (κ3) is 5.35. The number of nitrogens with zero attached hydrogens (tertiary/aromatic N) is 1. The summed E-state index contributed by atoms with van der Waals surface area (Å²) in [6.45, 7) is 2.26. The summed E-state index contributed by atoms with van der Waals surface area (Å²) in [4.78, 5) is 12.7. The lowest BCUT2D eigenvalue weighted by Gasteiger charge is -2.20. The molecule has 1 N–H and O–H groups in total. The van der Waals surface area contributed by atoms with Gasteiger partial charge in [-0.05, 0) is 43.3 Å². The number of fused-ring (bicyclic) bond motifs is 1. The second kappa shape index (κ2) is 9.25.